The topological polar surface area (TPSA) is 72.7 Å². The van der Waals surface area contributed by atoms with Crippen LogP contribution >= 0.6 is 0 Å². The predicted molar refractivity (Wildman–Crippen MR) is 109 cm³/mol. The average molecular weight is 371 g/mol. The van der Waals surface area contributed by atoms with Crippen molar-refractivity contribution in [1.29, 1.82) is 0 Å². The van der Waals surface area contributed by atoms with Crippen molar-refractivity contribution < 1.29 is 4.79 Å². The Morgan fingerprint density at radius 1 is 1.14 bits per heavy atom. The van der Waals surface area contributed by atoms with Crippen LogP contribution in [0, 0.1) is 6.92 Å². The number of aromatic nitrogens is 4. The van der Waals surface area contributed by atoms with Crippen molar-refractivity contribution in [2.24, 2.45) is 0 Å². The molecule has 3 heterocycles. The second-order valence-electron chi connectivity index (χ2n) is 6.65. The Hall–Kier alpha value is -3.54. The summed E-state index contributed by atoms with van der Waals surface area (Å²) < 4.78 is 1.86. The molecule has 0 atom stereocenters. The molecule has 0 aliphatic rings. The van der Waals surface area contributed by atoms with Gasteiger partial charge in [-0.2, -0.15) is 5.10 Å². The van der Waals surface area contributed by atoms with Crippen LogP contribution in [-0.2, 0) is 6.54 Å². The van der Waals surface area contributed by atoms with Crippen molar-refractivity contribution in [1.82, 2.24) is 25.1 Å². The minimum absolute atomic E-state index is 0.0939. The molecule has 1 N–H and O–H groups in total. The number of aryl methyl sites for hydroxylation is 2. The van der Waals surface area contributed by atoms with E-state index in [0.717, 1.165) is 40.7 Å². The van der Waals surface area contributed by atoms with Crippen molar-refractivity contribution in [3.63, 3.8) is 0 Å². The molecule has 0 bridgehead atoms. The maximum Gasteiger partial charge on any atom is 0.252 e. The van der Waals surface area contributed by atoms with Gasteiger partial charge in [-0.3, -0.25) is 14.5 Å². The van der Waals surface area contributed by atoms with E-state index in [2.05, 4.69) is 15.4 Å². The molecule has 6 heteroatoms. The van der Waals surface area contributed by atoms with E-state index < -0.39 is 0 Å². The smallest absolute Gasteiger partial charge is 0.252 e. The molecule has 1 amide bonds. The molecule has 6 nitrogen and oxygen atoms in total. The van der Waals surface area contributed by atoms with Crippen molar-refractivity contribution in [3.05, 3.63) is 78.4 Å². The first kappa shape index (κ1) is 17.9. The Bertz CT molecular complexity index is 1090. The summed E-state index contributed by atoms with van der Waals surface area (Å²) in [6.45, 7) is 3.36. The number of para-hydroxylation sites is 1. The zero-order chi connectivity index (χ0) is 19.3. The number of fused-ring (bicyclic) bond motifs is 1. The van der Waals surface area contributed by atoms with Gasteiger partial charge in [0.15, 0.2) is 0 Å². The highest BCUT2D eigenvalue weighted by Crippen LogP contribution is 2.26. The molecule has 0 aliphatic carbocycles. The van der Waals surface area contributed by atoms with Crippen LogP contribution in [-0.4, -0.2) is 32.2 Å². The molecular weight excluding hydrogens is 350 g/mol. The van der Waals surface area contributed by atoms with Crippen LogP contribution in [0.5, 0.6) is 0 Å². The monoisotopic (exact) mass is 371 g/mol. The van der Waals surface area contributed by atoms with Gasteiger partial charge in [-0.15, -0.1) is 0 Å². The van der Waals surface area contributed by atoms with E-state index in [1.165, 1.54) is 0 Å². The molecule has 0 fully saturated rings. The SMILES string of the molecule is Cc1cccc2c(C(=O)NCCCn3cccn3)cc(-c3cccnc3)nc12. The van der Waals surface area contributed by atoms with Crippen LogP contribution in [0.2, 0.25) is 0 Å². The molecular formula is C22H21N5O. The zero-order valence-electron chi connectivity index (χ0n) is 15.7. The molecule has 0 radical (unpaired) electrons. The maximum atomic E-state index is 12.9. The summed E-state index contributed by atoms with van der Waals surface area (Å²) in [6, 6.07) is 13.5. The van der Waals surface area contributed by atoms with Gasteiger partial charge >= 0.3 is 0 Å². The fourth-order valence-corrected chi connectivity index (χ4v) is 3.21. The van der Waals surface area contributed by atoms with E-state index in [4.69, 9.17) is 4.98 Å². The van der Waals surface area contributed by atoms with Gasteiger partial charge in [0.1, 0.15) is 0 Å². The summed E-state index contributed by atoms with van der Waals surface area (Å²) in [4.78, 5) is 21.9. The normalized spacial score (nSPS) is 10.9. The molecule has 4 aromatic rings. The largest absolute Gasteiger partial charge is 0.352 e. The highest BCUT2D eigenvalue weighted by atomic mass is 16.1. The number of carbonyl (C=O) groups is 1. The van der Waals surface area contributed by atoms with Crippen molar-refractivity contribution >= 4 is 16.8 Å². The molecule has 0 aliphatic heterocycles. The molecule has 4 rings (SSSR count). The van der Waals surface area contributed by atoms with Crippen LogP contribution in [0.25, 0.3) is 22.2 Å². The second kappa shape index (κ2) is 8.00. The molecule has 0 saturated carbocycles. The summed E-state index contributed by atoms with van der Waals surface area (Å²) in [5, 5.41) is 8.06. The number of nitrogens with zero attached hydrogens (tertiary/aromatic N) is 4. The second-order valence-corrected chi connectivity index (χ2v) is 6.65. The summed E-state index contributed by atoms with van der Waals surface area (Å²) in [6.07, 6.45) is 7.97. The highest BCUT2D eigenvalue weighted by Gasteiger charge is 2.15. The average Bonchev–Trinajstić information content (AvgIpc) is 3.25. The van der Waals surface area contributed by atoms with E-state index in [0.29, 0.717) is 12.1 Å². The van der Waals surface area contributed by atoms with Crippen molar-refractivity contribution in [2.75, 3.05) is 6.54 Å². The lowest BCUT2D eigenvalue weighted by atomic mass is 10.0. The van der Waals surface area contributed by atoms with E-state index in [-0.39, 0.29) is 5.91 Å². The van der Waals surface area contributed by atoms with Crippen LogP contribution in [0.4, 0.5) is 0 Å². The highest BCUT2D eigenvalue weighted by molar-refractivity contribution is 6.07. The van der Waals surface area contributed by atoms with Crippen LogP contribution in [0.1, 0.15) is 22.3 Å². The number of amides is 1. The van der Waals surface area contributed by atoms with Gasteiger partial charge in [-0.25, -0.2) is 4.98 Å². The lowest BCUT2D eigenvalue weighted by molar-refractivity contribution is 0.0954. The fraction of sp³-hybridized carbons (Fsp3) is 0.182. The summed E-state index contributed by atoms with van der Waals surface area (Å²) in [7, 11) is 0. The minimum Gasteiger partial charge on any atom is -0.352 e. The fourth-order valence-electron chi connectivity index (χ4n) is 3.21. The molecule has 1 aromatic carbocycles. The van der Waals surface area contributed by atoms with Crippen LogP contribution < -0.4 is 5.32 Å². The van der Waals surface area contributed by atoms with E-state index in [9.17, 15) is 4.79 Å². The lowest BCUT2D eigenvalue weighted by Gasteiger charge is -2.12. The molecule has 0 unspecified atom stereocenters. The number of benzene rings is 1. The number of hydrogen-bond donors (Lipinski definition) is 1. The number of carbonyl (C=O) groups excluding carboxylic acids is 1. The van der Waals surface area contributed by atoms with Gasteiger partial charge in [0.25, 0.3) is 5.91 Å². The third kappa shape index (κ3) is 3.76. The first-order valence-electron chi connectivity index (χ1n) is 9.29. The maximum absolute atomic E-state index is 12.9. The quantitative estimate of drug-likeness (QED) is 0.526. The Morgan fingerprint density at radius 2 is 2.07 bits per heavy atom. The first-order valence-corrected chi connectivity index (χ1v) is 9.29. The van der Waals surface area contributed by atoms with E-state index in [1.807, 2.05) is 60.3 Å². The Balaban J connectivity index is 1.61. The van der Waals surface area contributed by atoms with Gasteiger partial charge in [0.05, 0.1) is 16.8 Å². The molecule has 0 spiro atoms. The van der Waals surface area contributed by atoms with Gasteiger partial charge in [-0.05, 0) is 43.2 Å². The number of rotatable bonds is 6. The van der Waals surface area contributed by atoms with E-state index >= 15 is 0 Å². The first-order chi connectivity index (χ1) is 13.7. The Morgan fingerprint density at radius 3 is 2.86 bits per heavy atom. The lowest BCUT2D eigenvalue weighted by Crippen LogP contribution is -2.25. The van der Waals surface area contributed by atoms with Crippen molar-refractivity contribution in [2.45, 2.75) is 19.9 Å². The van der Waals surface area contributed by atoms with Gasteiger partial charge in [0.2, 0.25) is 0 Å². The predicted octanol–water partition coefficient (Wildman–Crippen LogP) is 3.62. The summed E-state index contributed by atoms with van der Waals surface area (Å²) in [5.41, 5.74) is 4.14. The number of hydrogen-bond acceptors (Lipinski definition) is 4. The number of pyridine rings is 2. The zero-order valence-corrected chi connectivity index (χ0v) is 15.7. The Kier molecular flexibility index (Phi) is 5.10. The summed E-state index contributed by atoms with van der Waals surface area (Å²) in [5.74, 6) is -0.0939. The van der Waals surface area contributed by atoms with Crippen LogP contribution in [0.15, 0.2) is 67.3 Å². The van der Waals surface area contributed by atoms with Gasteiger partial charge in [0, 0.05) is 48.8 Å². The summed E-state index contributed by atoms with van der Waals surface area (Å²) >= 11 is 0. The van der Waals surface area contributed by atoms with E-state index in [1.54, 1.807) is 18.6 Å². The number of nitrogens with one attached hydrogen (secondary N) is 1. The molecule has 0 saturated heterocycles. The minimum atomic E-state index is -0.0939. The molecule has 140 valence electrons. The van der Waals surface area contributed by atoms with Crippen molar-refractivity contribution in [3.8, 4) is 11.3 Å². The molecule has 3 aromatic heterocycles. The standard InChI is InChI=1S/C22H21N5O/c1-16-6-2-8-18-19(22(28)24-10-4-12-27-13-5-11-25-27)14-20(26-21(16)18)17-7-3-9-23-15-17/h2-3,5-9,11,13-15H,4,10,12H2,1H3,(H,24,28). The van der Waals surface area contributed by atoms with Crippen LogP contribution in [0.3, 0.4) is 0 Å². The molecule has 28 heavy (non-hydrogen) atoms. The third-order valence-corrected chi connectivity index (χ3v) is 4.65. The van der Waals surface area contributed by atoms with Gasteiger partial charge < -0.3 is 5.32 Å². The van der Waals surface area contributed by atoms with Gasteiger partial charge in [-0.1, -0.05) is 18.2 Å². The third-order valence-electron chi connectivity index (χ3n) is 4.65. The Labute approximate surface area is 163 Å².